The van der Waals surface area contributed by atoms with Crippen LogP contribution in [0.1, 0.15) is 100 Å². The van der Waals surface area contributed by atoms with E-state index in [0.717, 1.165) is 18.6 Å². The highest BCUT2D eigenvalue weighted by Gasteiger charge is 2.48. The summed E-state index contributed by atoms with van der Waals surface area (Å²) >= 11 is 1.68. The van der Waals surface area contributed by atoms with E-state index in [0.29, 0.717) is 50.1 Å². The van der Waals surface area contributed by atoms with Crippen LogP contribution in [-0.4, -0.2) is 120 Å². The number of nitrogens with zero attached hydrogens (tertiary/aromatic N) is 3. The van der Waals surface area contributed by atoms with Crippen LogP contribution in [0.25, 0.3) is 0 Å². The summed E-state index contributed by atoms with van der Waals surface area (Å²) in [5.41, 5.74) is 4.10. The molecule has 2 saturated carbocycles. The number of primary amides is 1. The lowest BCUT2D eigenvalue weighted by Crippen LogP contribution is -2.62. The lowest BCUT2D eigenvalue weighted by atomic mass is 9.84. The zero-order valence-corrected chi connectivity index (χ0v) is 34.7. The number of ketones is 1. The third-order valence-electron chi connectivity index (χ3n) is 10.9. The molecule has 0 aromatic heterocycles. The van der Waals surface area contributed by atoms with Crippen LogP contribution in [0.4, 0.5) is 4.79 Å². The fourth-order valence-corrected chi connectivity index (χ4v) is 10.1. The molecule has 2 aliphatic carbocycles. The molecule has 0 spiro atoms. The van der Waals surface area contributed by atoms with Gasteiger partial charge in [-0.2, -0.15) is 28.8 Å². The van der Waals surface area contributed by atoms with Gasteiger partial charge >= 0.3 is 6.03 Å². The molecular formula is C37H65N7O7S2. The van der Waals surface area contributed by atoms with E-state index >= 15 is 0 Å². The second kappa shape index (κ2) is 17.6. The second-order valence-electron chi connectivity index (χ2n) is 18.3. The monoisotopic (exact) mass is 783 g/mol. The highest BCUT2D eigenvalue weighted by Crippen LogP contribution is 2.35. The summed E-state index contributed by atoms with van der Waals surface area (Å²) in [5.74, 6) is -0.250. The molecule has 4 rings (SSSR count). The molecule has 53 heavy (non-hydrogen) atoms. The molecule has 5 atom stereocenters. The van der Waals surface area contributed by atoms with Crippen LogP contribution in [0, 0.1) is 34.5 Å². The van der Waals surface area contributed by atoms with Crippen molar-refractivity contribution in [3.8, 4) is 0 Å². The maximum absolute atomic E-state index is 14.5. The van der Waals surface area contributed by atoms with Gasteiger partial charge < -0.3 is 26.6 Å². The summed E-state index contributed by atoms with van der Waals surface area (Å²) in [5, 5.41) is 8.67. The number of rotatable bonds is 18. The summed E-state index contributed by atoms with van der Waals surface area (Å²) in [6.07, 6.45) is 5.95. The summed E-state index contributed by atoms with van der Waals surface area (Å²) in [7, 11) is -3.65. The first kappa shape index (κ1) is 43.3. The molecule has 16 heteroatoms. The number of hydrogen-bond donors (Lipinski definition) is 4. The maximum Gasteiger partial charge on any atom is 0.315 e. The summed E-state index contributed by atoms with van der Waals surface area (Å²) in [4.78, 5) is 68.8. The first-order chi connectivity index (χ1) is 24.6. The van der Waals surface area contributed by atoms with Gasteiger partial charge in [0, 0.05) is 38.8 Å². The molecular weight excluding hydrogens is 719 g/mol. The largest absolute Gasteiger partial charge is 0.363 e. The quantitative estimate of drug-likeness (QED) is 0.121. The smallest absolute Gasteiger partial charge is 0.315 e. The van der Waals surface area contributed by atoms with Crippen molar-refractivity contribution in [1.82, 2.24) is 29.5 Å². The molecule has 14 nitrogen and oxygen atoms in total. The molecule has 0 aromatic rings. The molecule has 2 saturated heterocycles. The van der Waals surface area contributed by atoms with Crippen molar-refractivity contribution in [2.45, 2.75) is 125 Å². The predicted octanol–water partition coefficient (Wildman–Crippen LogP) is 2.72. The van der Waals surface area contributed by atoms with E-state index in [-0.39, 0.29) is 31.3 Å². The van der Waals surface area contributed by atoms with Gasteiger partial charge in [-0.1, -0.05) is 55.4 Å². The van der Waals surface area contributed by atoms with Gasteiger partial charge in [-0.15, -0.1) is 0 Å². The molecule has 0 radical (unpaired) electrons. The third-order valence-corrected chi connectivity index (χ3v) is 14.1. The topological polar surface area (TPSA) is 191 Å². The number of urea groups is 1. The van der Waals surface area contributed by atoms with Gasteiger partial charge in [0.25, 0.3) is 16.1 Å². The molecule has 2 aliphatic heterocycles. The Bertz CT molecular complexity index is 1450. The van der Waals surface area contributed by atoms with Crippen LogP contribution in [0.15, 0.2) is 0 Å². The number of carbonyl (C=O) groups is 5. The van der Waals surface area contributed by atoms with Crippen molar-refractivity contribution in [3.63, 3.8) is 0 Å². The number of nitrogens with two attached hydrogens (primary N) is 1. The van der Waals surface area contributed by atoms with Gasteiger partial charge in [-0.25, -0.2) is 4.79 Å². The van der Waals surface area contributed by atoms with E-state index in [1.807, 2.05) is 55.4 Å². The van der Waals surface area contributed by atoms with Crippen molar-refractivity contribution < 1.29 is 32.4 Å². The zero-order chi connectivity index (χ0) is 39.5. The van der Waals surface area contributed by atoms with E-state index in [1.165, 1.54) is 26.4 Å². The van der Waals surface area contributed by atoms with Crippen molar-refractivity contribution in [2.24, 2.45) is 40.2 Å². The van der Waals surface area contributed by atoms with Crippen molar-refractivity contribution in [3.05, 3.63) is 0 Å². The minimum atomic E-state index is -3.65. The number of Topliss-reactive ketones (excluding diaryl/α,β-unsaturated/α-hetero) is 1. The zero-order valence-electron chi connectivity index (χ0n) is 33.1. The van der Waals surface area contributed by atoms with Crippen molar-refractivity contribution in [2.75, 3.05) is 44.2 Å². The first-order valence-corrected chi connectivity index (χ1v) is 22.0. The maximum atomic E-state index is 14.5. The normalized spacial score (nSPS) is 24.1. The van der Waals surface area contributed by atoms with Crippen molar-refractivity contribution in [1.29, 1.82) is 0 Å². The Labute approximate surface area is 321 Å². The Balaban J connectivity index is 1.49. The van der Waals surface area contributed by atoms with E-state index in [1.54, 1.807) is 11.8 Å². The van der Waals surface area contributed by atoms with Crippen LogP contribution in [0.5, 0.6) is 0 Å². The summed E-state index contributed by atoms with van der Waals surface area (Å²) in [6, 6.07) is -4.23. The Morgan fingerprint density at radius 1 is 0.830 bits per heavy atom. The Hall–Kier alpha value is -2.43. The highest BCUT2D eigenvalue weighted by atomic mass is 32.2. The molecule has 5 N–H and O–H groups in total. The van der Waals surface area contributed by atoms with Crippen LogP contribution in [0.3, 0.4) is 0 Å². The summed E-state index contributed by atoms with van der Waals surface area (Å²) < 4.78 is 29.7. The molecule has 0 bridgehead atoms. The average Bonchev–Trinajstić information content (AvgIpc) is 3.97. The van der Waals surface area contributed by atoms with Gasteiger partial charge in [-0.3, -0.25) is 19.2 Å². The van der Waals surface area contributed by atoms with Crippen molar-refractivity contribution >= 4 is 51.5 Å². The van der Waals surface area contributed by atoms with E-state index in [4.69, 9.17) is 5.73 Å². The minimum absolute atomic E-state index is 0.0874. The number of thioether (sulfide) groups is 1. The number of amides is 5. The lowest BCUT2D eigenvalue weighted by Gasteiger charge is -2.38. The second-order valence-corrected chi connectivity index (χ2v) is 21.3. The minimum Gasteiger partial charge on any atom is -0.363 e. The standard InChI is InChI=1S/C37H65N7O7S2/c1-23(2)19-26-13-15-44(29(26)33(47)39-27(30(45)32(38)46)14-18-52-22-25-11-12-25)34(48)31(37(6,7)8)41-35(49)40-28(36(3,4)5)21-43-17-16-42(53(43,50)51)20-24-9-10-24/h23-29,31H,9-22H2,1-8H3,(H2,38,46)(H,39,47)(H2,40,41,49)/t26-,27?,28-,29+,31-/m1/s1. The van der Waals surface area contributed by atoms with E-state index in [9.17, 15) is 32.4 Å². The van der Waals surface area contributed by atoms with E-state index < -0.39 is 74.7 Å². The van der Waals surface area contributed by atoms with Crippen LogP contribution in [-0.2, 0) is 29.4 Å². The lowest BCUT2D eigenvalue weighted by molar-refractivity contribution is -0.144. The Morgan fingerprint density at radius 3 is 2.00 bits per heavy atom. The molecule has 4 fully saturated rings. The number of hydrogen-bond acceptors (Lipinski definition) is 8. The van der Waals surface area contributed by atoms with Crippen LogP contribution < -0.4 is 21.7 Å². The van der Waals surface area contributed by atoms with E-state index in [2.05, 4.69) is 16.0 Å². The molecule has 5 amide bonds. The average molecular weight is 784 g/mol. The molecule has 302 valence electrons. The summed E-state index contributed by atoms with van der Waals surface area (Å²) in [6.45, 7) is 17.0. The van der Waals surface area contributed by atoms with Gasteiger partial charge in [0.2, 0.25) is 17.6 Å². The van der Waals surface area contributed by atoms with Gasteiger partial charge in [-0.05, 0) is 91.0 Å². The molecule has 1 unspecified atom stereocenters. The Morgan fingerprint density at radius 2 is 1.45 bits per heavy atom. The van der Waals surface area contributed by atoms with Crippen LogP contribution >= 0.6 is 11.8 Å². The highest BCUT2D eigenvalue weighted by molar-refractivity contribution is 7.99. The Kier molecular flexibility index (Phi) is 14.4. The molecule has 0 aromatic carbocycles. The number of carbonyl (C=O) groups excluding carboxylic acids is 5. The number of nitrogens with one attached hydrogen (secondary N) is 3. The van der Waals surface area contributed by atoms with Crippen LogP contribution in [0.2, 0.25) is 0 Å². The van der Waals surface area contributed by atoms with Gasteiger partial charge in [0.1, 0.15) is 12.1 Å². The molecule has 2 heterocycles. The first-order valence-electron chi connectivity index (χ1n) is 19.4. The number of likely N-dealkylation sites (tertiary alicyclic amines) is 1. The van der Waals surface area contributed by atoms with Gasteiger partial charge in [0.15, 0.2) is 0 Å². The fraction of sp³-hybridized carbons (Fsp3) is 0.865. The SMILES string of the molecule is CC(C)C[C@H]1CCN(C(=O)[C@@H](NC(=O)N[C@H](CN2CCN(CC3CC3)S2(=O)=O)C(C)(C)C)C(C)(C)C)[C@@H]1C(=O)NC(CCSCC1CC1)C(=O)C(N)=O. The van der Waals surface area contributed by atoms with Gasteiger partial charge in [0.05, 0.1) is 6.04 Å². The molecule has 4 aliphatic rings. The third kappa shape index (κ3) is 12.0. The predicted molar refractivity (Wildman–Crippen MR) is 207 cm³/mol. The fourth-order valence-electron chi connectivity index (χ4n) is 7.21.